The Bertz CT molecular complexity index is 777. The molecule has 26 heavy (non-hydrogen) atoms. The van der Waals surface area contributed by atoms with E-state index in [0.717, 1.165) is 34.8 Å². The van der Waals surface area contributed by atoms with Gasteiger partial charge >= 0.3 is 0 Å². The van der Waals surface area contributed by atoms with Crippen LogP contribution in [0.15, 0.2) is 29.3 Å². The second kappa shape index (κ2) is 8.05. The molecular weight excluding hydrogens is 342 g/mol. The number of carbonyl (C=O) groups is 1. The van der Waals surface area contributed by atoms with Crippen LogP contribution in [0.4, 0.5) is 0 Å². The number of hydrogen-bond donors (Lipinski definition) is 1. The van der Waals surface area contributed by atoms with Gasteiger partial charge in [0.2, 0.25) is 0 Å². The Hall–Kier alpha value is -1.46. The Balaban J connectivity index is 1.39. The van der Waals surface area contributed by atoms with Crippen LogP contribution >= 0.6 is 11.8 Å². The summed E-state index contributed by atoms with van der Waals surface area (Å²) in [5.74, 6) is 1.79. The number of unbranched alkanes of at least 4 members (excludes halogenated alkanes) is 1. The summed E-state index contributed by atoms with van der Waals surface area (Å²) in [6.45, 7) is 7.66. The van der Waals surface area contributed by atoms with Gasteiger partial charge < -0.3 is 14.8 Å². The summed E-state index contributed by atoms with van der Waals surface area (Å²) < 4.78 is 2.31. The van der Waals surface area contributed by atoms with Crippen LogP contribution in [0.3, 0.4) is 0 Å². The number of piperidine rings is 1. The van der Waals surface area contributed by atoms with Crippen LogP contribution in [0.2, 0.25) is 0 Å². The number of para-hydroxylation sites is 1. The lowest BCUT2D eigenvalue weighted by Crippen LogP contribution is -2.39. The molecule has 1 N–H and O–H groups in total. The van der Waals surface area contributed by atoms with Gasteiger partial charge in [-0.05, 0) is 50.9 Å². The minimum Gasteiger partial charge on any atom is -0.352 e. The second-order valence-electron chi connectivity index (χ2n) is 7.55. The van der Waals surface area contributed by atoms with Gasteiger partial charge in [-0.2, -0.15) is 0 Å². The zero-order chi connectivity index (χ0) is 17.9. The highest BCUT2D eigenvalue weighted by atomic mass is 32.2. The summed E-state index contributed by atoms with van der Waals surface area (Å²) in [6.07, 6.45) is 4.97. The number of aryl methyl sites for hydroxylation is 1. The molecule has 3 heterocycles. The molecule has 0 saturated carbocycles. The zero-order valence-electron chi connectivity index (χ0n) is 15.7. The van der Waals surface area contributed by atoms with Crippen molar-refractivity contribution < 1.29 is 4.79 Å². The third kappa shape index (κ3) is 3.52. The lowest BCUT2D eigenvalue weighted by molar-refractivity contribution is 0.0934. The molecule has 140 valence electrons. The normalized spacial score (nSPS) is 18.3. The second-order valence-corrected chi connectivity index (χ2v) is 8.63. The molecule has 0 atom stereocenters. The Kier molecular flexibility index (Phi) is 5.55. The SMILES string of the molecule is CCCCN1CCC(CNC(=O)c2c3n(c4ccccc24)CCS3)CC1. The van der Waals surface area contributed by atoms with Crippen molar-refractivity contribution in [2.75, 3.05) is 31.9 Å². The molecule has 5 heteroatoms. The predicted molar refractivity (Wildman–Crippen MR) is 109 cm³/mol. The van der Waals surface area contributed by atoms with Crippen LogP contribution in [-0.2, 0) is 6.54 Å². The van der Waals surface area contributed by atoms with E-state index in [1.165, 1.54) is 50.8 Å². The van der Waals surface area contributed by atoms with Crippen molar-refractivity contribution >= 4 is 28.6 Å². The maximum atomic E-state index is 13.0. The molecule has 0 aliphatic carbocycles. The first kappa shape index (κ1) is 17.9. The van der Waals surface area contributed by atoms with Gasteiger partial charge in [-0.15, -0.1) is 11.8 Å². The molecule has 1 fully saturated rings. The molecule has 1 aromatic heterocycles. The number of hydrogen-bond acceptors (Lipinski definition) is 3. The first-order valence-corrected chi connectivity index (χ1v) is 11.0. The van der Waals surface area contributed by atoms with Crippen LogP contribution < -0.4 is 5.32 Å². The number of carbonyl (C=O) groups excluding carboxylic acids is 1. The van der Waals surface area contributed by atoms with Crippen molar-refractivity contribution in [1.29, 1.82) is 0 Å². The Morgan fingerprint density at radius 3 is 2.85 bits per heavy atom. The summed E-state index contributed by atoms with van der Waals surface area (Å²) in [5.41, 5.74) is 2.09. The van der Waals surface area contributed by atoms with E-state index in [4.69, 9.17) is 0 Å². The number of aromatic nitrogens is 1. The van der Waals surface area contributed by atoms with E-state index in [2.05, 4.69) is 39.9 Å². The van der Waals surface area contributed by atoms with Gasteiger partial charge in [-0.25, -0.2) is 0 Å². The van der Waals surface area contributed by atoms with Gasteiger partial charge in [-0.1, -0.05) is 31.5 Å². The number of amides is 1. The third-order valence-electron chi connectivity index (χ3n) is 5.79. The van der Waals surface area contributed by atoms with E-state index in [1.54, 1.807) is 0 Å². The maximum Gasteiger partial charge on any atom is 0.254 e. The fraction of sp³-hybridized carbons (Fsp3) is 0.571. The number of benzene rings is 1. The van der Waals surface area contributed by atoms with Crippen molar-refractivity contribution in [3.05, 3.63) is 29.8 Å². The summed E-state index contributed by atoms with van der Waals surface area (Å²) in [5, 5.41) is 5.50. The van der Waals surface area contributed by atoms with E-state index in [0.29, 0.717) is 5.92 Å². The molecule has 0 spiro atoms. The standard InChI is InChI=1S/C21H29N3OS/c1-2-3-10-23-11-8-16(9-12-23)15-22-20(25)19-17-6-4-5-7-18(17)24-13-14-26-21(19)24/h4-7,16H,2-3,8-15H2,1H3,(H,22,25). The van der Waals surface area contributed by atoms with Crippen molar-refractivity contribution in [2.45, 2.75) is 44.2 Å². The zero-order valence-corrected chi connectivity index (χ0v) is 16.5. The number of likely N-dealkylation sites (tertiary alicyclic amines) is 1. The minimum absolute atomic E-state index is 0.109. The average molecular weight is 372 g/mol. The molecule has 4 rings (SSSR count). The van der Waals surface area contributed by atoms with E-state index in [1.807, 2.05) is 17.8 Å². The van der Waals surface area contributed by atoms with Crippen LogP contribution in [0.1, 0.15) is 43.0 Å². The summed E-state index contributed by atoms with van der Waals surface area (Å²) in [6, 6.07) is 8.31. The molecule has 2 aliphatic heterocycles. The molecule has 2 aromatic rings. The number of nitrogens with one attached hydrogen (secondary N) is 1. The molecule has 0 radical (unpaired) electrons. The highest BCUT2D eigenvalue weighted by Gasteiger charge is 2.26. The maximum absolute atomic E-state index is 13.0. The topological polar surface area (TPSA) is 37.3 Å². The molecule has 1 saturated heterocycles. The molecule has 1 aromatic carbocycles. The number of fused-ring (bicyclic) bond motifs is 3. The monoisotopic (exact) mass is 371 g/mol. The lowest BCUT2D eigenvalue weighted by Gasteiger charge is -2.31. The van der Waals surface area contributed by atoms with Crippen LogP contribution in [0.5, 0.6) is 0 Å². The van der Waals surface area contributed by atoms with Crippen molar-refractivity contribution in [3.63, 3.8) is 0 Å². The van der Waals surface area contributed by atoms with Crippen molar-refractivity contribution in [1.82, 2.24) is 14.8 Å². The van der Waals surface area contributed by atoms with Gasteiger partial charge in [0.15, 0.2) is 0 Å². The predicted octanol–water partition coefficient (Wildman–Crippen LogP) is 3.99. The van der Waals surface area contributed by atoms with Gasteiger partial charge in [0.25, 0.3) is 5.91 Å². The smallest absolute Gasteiger partial charge is 0.254 e. The molecule has 1 amide bonds. The molecule has 0 bridgehead atoms. The minimum atomic E-state index is 0.109. The fourth-order valence-electron chi connectivity index (χ4n) is 4.23. The summed E-state index contributed by atoms with van der Waals surface area (Å²) >= 11 is 1.81. The van der Waals surface area contributed by atoms with E-state index in [9.17, 15) is 4.79 Å². The van der Waals surface area contributed by atoms with Gasteiger partial charge in [0.1, 0.15) is 0 Å². The first-order valence-electron chi connectivity index (χ1n) is 10.0. The number of rotatable bonds is 6. The summed E-state index contributed by atoms with van der Waals surface area (Å²) in [7, 11) is 0. The van der Waals surface area contributed by atoms with Crippen molar-refractivity contribution in [3.8, 4) is 0 Å². The van der Waals surface area contributed by atoms with Gasteiger partial charge in [-0.3, -0.25) is 4.79 Å². The number of nitrogens with zero attached hydrogens (tertiary/aromatic N) is 2. The average Bonchev–Trinajstić information content (AvgIpc) is 3.26. The van der Waals surface area contributed by atoms with Crippen LogP contribution in [0, 0.1) is 5.92 Å². The van der Waals surface area contributed by atoms with E-state index in [-0.39, 0.29) is 5.91 Å². The highest BCUT2D eigenvalue weighted by Crippen LogP contribution is 2.37. The molecule has 0 unspecified atom stereocenters. The highest BCUT2D eigenvalue weighted by molar-refractivity contribution is 7.99. The third-order valence-corrected chi connectivity index (χ3v) is 6.87. The number of thioether (sulfide) groups is 1. The molecular formula is C21H29N3OS. The van der Waals surface area contributed by atoms with Crippen molar-refractivity contribution in [2.24, 2.45) is 5.92 Å². The fourth-order valence-corrected chi connectivity index (χ4v) is 5.39. The van der Waals surface area contributed by atoms with Crippen LogP contribution in [0.25, 0.3) is 10.9 Å². The Morgan fingerprint density at radius 1 is 1.23 bits per heavy atom. The molecule has 4 nitrogen and oxygen atoms in total. The summed E-state index contributed by atoms with van der Waals surface area (Å²) in [4.78, 5) is 15.6. The largest absolute Gasteiger partial charge is 0.352 e. The Labute approximate surface area is 160 Å². The Morgan fingerprint density at radius 2 is 2.04 bits per heavy atom. The van der Waals surface area contributed by atoms with Gasteiger partial charge in [0.05, 0.1) is 10.6 Å². The van der Waals surface area contributed by atoms with Gasteiger partial charge in [0, 0.05) is 29.7 Å². The first-order chi connectivity index (χ1) is 12.8. The quantitative estimate of drug-likeness (QED) is 0.834. The van der Waals surface area contributed by atoms with E-state index < -0.39 is 0 Å². The molecule has 2 aliphatic rings. The van der Waals surface area contributed by atoms with E-state index >= 15 is 0 Å². The lowest BCUT2D eigenvalue weighted by atomic mass is 9.96. The van der Waals surface area contributed by atoms with Crippen LogP contribution in [-0.4, -0.2) is 47.3 Å².